The van der Waals surface area contributed by atoms with Gasteiger partial charge in [0.2, 0.25) is 0 Å². The van der Waals surface area contributed by atoms with E-state index >= 15 is 0 Å². The van der Waals surface area contributed by atoms with Crippen molar-refractivity contribution in [2.45, 2.75) is 0 Å². The molecule has 4 heteroatoms. The van der Waals surface area contributed by atoms with Crippen molar-refractivity contribution in [1.29, 1.82) is 0 Å². The monoisotopic (exact) mass is 576 g/mol. The molecule has 0 bridgehead atoms. The van der Waals surface area contributed by atoms with Gasteiger partial charge >= 0.3 is 0 Å². The minimum Gasteiger partial charge on any atom is -0.456 e. The molecule has 0 aliphatic heterocycles. The van der Waals surface area contributed by atoms with Crippen molar-refractivity contribution in [1.82, 2.24) is 9.13 Å². The Balaban J connectivity index is 1.44. The van der Waals surface area contributed by atoms with Crippen LogP contribution in [0.3, 0.4) is 0 Å². The standard InChI is InChI=1S/C36H21BrN2O/c37-27-13-8-16-33-34(27)26-21-23(17-20-32(26)40-33)39-29-15-7-5-12-25(29)36-31(39)19-18-30-35(36)24-11-4-6-14-28(24)38(30)22-9-2-1-3-10-22/h1-21H. The van der Waals surface area contributed by atoms with Crippen LogP contribution >= 0.6 is 15.9 Å². The van der Waals surface area contributed by atoms with Gasteiger partial charge in [0.15, 0.2) is 0 Å². The SMILES string of the molecule is Brc1cccc2oc3ccc(-n4c5ccccc5c5c6c7ccccc7n(-c7ccccc7)c6ccc54)cc3c12. The maximum Gasteiger partial charge on any atom is 0.136 e. The highest BCUT2D eigenvalue weighted by molar-refractivity contribution is 9.10. The van der Waals surface area contributed by atoms with E-state index in [1.54, 1.807) is 0 Å². The number of aromatic nitrogens is 2. The molecule has 3 nitrogen and oxygen atoms in total. The molecule has 3 aromatic heterocycles. The maximum atomic E-state index is 6.19. The Labute approximate surface area is 237 Å². The molecule has 6 aromatic carbocycles. The van der Waals surface area contributed by atoms with Crippen molar-refractivity contribution in [2.75, 3.05) is 0 Å². The van der Waals surface area contributed by atoms with Crippen molar-refractivity contribution >= 4 is 81.5 Å². The van der Waals surface area contributed by atoms with Crippen LogP contribution in [-0.4, -0.2) is 9.13 Å². The van der Waals surface area contributed by atoms with E-state index in [2.05, 4.69) is 140 Å². The van der Waals surface area contributed by atoms with Gasteiger partial charge in [0.05, 0.1) is 22.1 Å². The Morgan fingerprint density at radius 1 is 0.425 bits per heavy atom. The summed E-state index contributed by atoms with van der Waals surface area (Å²) in [5, 5.41) is 7.27. The molecule has 0 aliphatic carbocycles. The van der Waals surface area contributed by atoms with E-state index in [9.17, 15) is 0 Å². The summed E-state index contributed by atoms with van der Waals surface area (Å²) in [6.07, 6.45) is 0. The number of para-hydroxylation sites is 3. The first kappa shape index (κ1) is 22.1. The van der Waals surface area contributed by atoms with Crippen LogP contribution in [0, 0.1) is 0 Å². The number of rotatable bonds is 2. The van der Waals surface area contributed by atoms with Gasteiger partial charge in [-0.2, -0.15) is 0 Å². The number of benzene rings is 6. The smallest absolute Gasteiger partial charge is 0.136 e. The van der Waals surface area contributed by atoms with Crippen molar-refractivity contribution in [3.63, 3.8) is 0 Å². The van der Waals surface area contributed by atoms with Gasteiger partial charge < -0.3 is 13.6 Å². The zero-order valence-electron chi connectivity index (χ0n) is 21.3. The quantitative estimate of drug-likeness (QED) is 0.200. The second-order valence-corrected chi connectivity index (χ2v) is 11.1. The highest BCUT2D eigenvalue weighted by atomic mass is 79.9. The predicted octanol–water partition coefficient (Wildman–Crippen LogP) is 10.5. The summed E-state index contributed by atoms with van der Waals surface area (Å²) < 4.78 is 12.0. The molecule has 0 unspecified atom stereocenters. The summed E-state index contributed by atoms with van der Waals surface area (Å²) >= 11 is 3.75. The van der Waals surface area contributed by atoms with E-state index in [4.69, 9.17) is 4.42 Å². The zero-order chi connectivity index (χ0) is 26.4. The van der Waals surface area contributed by atoms with Crippen molar-refractivity contribution in [3.05, 3.63) is 132 Å². The Morgan fingerprint density at radius 2 is 1.05 bits per heavy atom. The Kier molecular flexibility index (Phi) is 4.47. The maximum absolute atomic E-state index is 6.19. The van der Waals surface area contributed by atoms with E-state index in [-0.39, 0.29) is 0 Å². The molecule has 0 aliphatic rings. The fourth-order valence-electron chi connectivity index (χ4n) is 6.56. The van der Waals surface area contributed by atoms with Gasteiger partial charge in [-0.15, -0.1) is 0 Å². The number of hydrogen-bond donors (Lipinski definition) is 0. The number of halogens is 1. The first-order chi connectivity index (χ1) is 19.8. The third-order valence-electron chi connectivity index (χ3n) is 8.17. The van der Waals surface area contributed by atoms with Gasteiger partial charge in [0.1, 0.15) is 11.2 Å². The van der Waals surface area contributed by atoms with Gasteiger partial charge in [-0.05, 0) is 66.7 Å². The molecule has 9 aromatic rings. The highest BCUT2D eigenvalue weighted by Gasteiger charge is 2.21. The van der Waals surface area contributed by atoms with Gasteiger partial charge in [-0.1, -0.05) is 76.6 Å². The van der Waals surface area contributed by atoms with Crippen LogP contribution in [-0.2, 0) is 0 Å². The van der Waals surface area contributed by atoms with Gasteiger partial charge in [0.25, 0.3) is 0 Å². The summed E-state index contributed by atoms with van der Waals surface area (Å²) in [5.41, 5.74) is 8.86. The Bertz CT molecular complexity index is 2440. The van der Waals surface area contributed by atoms with E-state index < -0.39 is 0 Å². The minimum atomic E-state index is 0.888. The lowest BCUT2D eigenvalue weighted by Crippen LogP contribution is -1.94. The molecular weight excluding hydrogens is 556 g/mol. The fourth-order valence-corrected chi connectivity index (χ4v) is 7.12. The van der Waals surface area contributed by atoms with Crippen LogP contribution in [0.4, 0.5) is 0 Å². The summed E-state index contributed by atoms with van der Waals surface area (Å²) in [6, 6.07) is 45.4. The zero-order valence-corrected chi connectivity index (χ0v) is 22.9. The number of hydrogen-bond acceptors (Lipinski definition) is 1. The highest BCUT2D eigenvalue weighted by Crippen LogP contribution is 2.43. The average molecular weight is 577 g/mol. The predicted molar refractivity (Wildman–Crippen MR) is 170 cm³/mol. The molecule has 3 heterocycles. The van der Waals surface area contributed by atoms with Crippen LogP contribution in [0.1, 0.15) is 0 Å². The Morgan fingerprint density at radius 3 is 1.75 bits per heavy atom. The van der Waals surface area contributed by atoms with E-state index in [1.165, 1.54) is 49.3 Å². The minimum absolute atomic E-state index is 0.888. The fraction of sp³-hybridized carbons (Fsp3) is 0. The molecule has 0 saturated carbocycles. The number of furan rings is 1. The van der Waals surface area contributed by atoms with E-state index in [0.717, 1.165) is 32.1 Å². The van der Waals surface area contributed by atoms with E-state index in [1.807, 2.05) is 12.1 Å². The van der Waals surface area contributed by atoms with Gasteiger partial charge in [-0.3, -0.25) is 0 Å². The van der Waals surface area contributed by atoms with Crippen LogP contribution in [0.15, 0.2) is 136 Å². The second kappa shape index (κ2) is 8.10. The summed E-state index contributed by atoms with van der Waals surface area (Å²) in [4.78, 5) is 0. The topological polar surface area (TPSA) is 23.0 Å². The summed E-state index contributed by atoms with van der Waals surface area (Å²) in [7, 11) is 0. The molecule has 188 valence electrons. The number of fused-ring (bicyclic) bond motifs is 10. The van der Waals surface area contributed by atoms with Crippen molar-refractivity contribution in [2.24, 2.45) is 0 Å². The molecule has 9 rings (SSSR count). The van der Waals surface area contributed by atoms with Crippen LogP contribution in [0.25, 0.3) is 76.9 Å². The summed E-state index contributed by atoms with van der Waals surface area (Å²) in [6.45, 7) is 0. The van der Waals surface area contributed by atoms with Crippen molar-refractivity contribution in [3.8, 4) is 11.4 Å². The van der Waals surface area contributed by atoms with Crippen molar-refractivity contribution < 1.29 is 4.42 Å². The van der Waals surface area contributed by atoms with Crippen LogP contribution in [0.5, 0.6) is 0 Å². The molecule has 0 amide bonds. The lowest BCUT2D eigenvalue weighted by Gasteiger charge is -2.09. The Hall–Kier alpha value is -4.80. The van der Waals surface area contributed by atoms with Crippen LogP contribution in [0.2, 0.25) is 0 Å². The van der Waals surface area contributed by atoms with Gasteiger partial charge in [-0.25, -0.2) is 0 Å². The normalized spacial score (nSPS) is 12.1. The van der Waals surface area contributed by atoms with Crippen LogP contribution < -0.4 is 0 Å². The molecule has 0 spiro atoms. The molecular formula is C36H21BrN2O. The first-order valence-electron chi connectivity index (χ1n) is 13.4. The molecule has 40 heavy (non-hydrogen) atoms. The molecule has 0 N–H and O–H groups in total. The van der Waals surface area contributed by atoms with E-state index in [0.29, 0.717) is 0 Å². The number of nitrogens with zero attached hydrogens (tertiary/aromatic N) is 2. The molecule has 0 saturated heterocycles. The second-order valence-electron chi connectivity index (χ2n) is 10.3. The average Bonchev–Trinajstić information content (AvgIpc) is 3.65. The lowest BCUT2D eigenvalue weighted by atomic mass is 10.1. The van der Waals surface area contributed by atoms with Gasteiger partial charge in [0, 0.05) is 48.2 Å². The first-order valence-corrected chi connectivity index (χ1v) is 14.2. The lowest BCUT2D eigenvalue weighted by molar-refractivity contribution is 0.669. The molecule has 0 fully saturated rings. The largest absolute Gasteiger partial charge is 0.456 e. The summed E-state index contributed by atoms with van der Waals surface area (Å²) in [5.74, 6) is 0. The molecule has 0 atom stereocenters. The third kappa shape index (κ3) is 2.89. The third-order valence-corrected chi connectivity index (χ3v) is 8.83. The molecule has 0 radical (unpaired) electrons.